The smallest absolute Gasteiger partial charge is 0.206 e. The summed E-state index contributed by atoms with van der Waals surface area (Å²) in [5.41, 5.74) is 1.92. The second kappa shape index (κ2) is 7.72. The number of hydrogen-bond acceptors (Lipinski definition) is 5. The predicted octanol–water partition coefficient (Wildman–Crippen LogP) is 4.20. The Kier molecular flexibility index (Phi) is 5.16. The minimum atomic E-state index is 0.516. The van der Waals surface area contributed by atoms with Gasteiger partial charge in [0.15, 0.2) is 0 Å². The Labute approximate surface area is 163 Å². The van der Waals surface area contributed by atoms with Crippen molar-refractivity contribution in [1.29, 1.82) is 0 Å². The van der Waals surface area contributed by atoms with E-state index < -0.39 is 0 Å². The molecule has 1 saturated carbocycles. The molecule has 6 heteroatoms. The van der Waals surface area contributed by atoms with E-state index in [1.807, 2.05) is 29.8 Å². The molecule has 3 unspecified atom stereocenters. The average molecular weight is 384 g/mol. The third-order valence-electron chi connectivity index (χ3n) is 5.37. The molecule has 0 saturated heterocycles. The zero-order valence-electron chi connectivity index (χ0n) is 16.0. The van der Waals surface area contributed by atoms with Gasteiger partial charge in [-0.1, -0.05) is 12.2 Å². The highest BCUT2D eigenvalue weighted by molar-refractivity contribution is 7.07. The number of nitrogens with zero attached hydrogens (tertiary/aromatic N) is 3. The molecule has 0 N–H and O–H groups in total. The van der Waals surface area contributed by atoms with Gasteiger partial charge in [-0.05, 0) is 49.8 Å². The molecule has 1 fully saturated rings. The van der Waals surface area contributed by atoms with Crippen molar-refractivity contribution in [3.63, 3.8) is 0 Å². The highest BCUT2D eigenvalue weighted by atomic mass is 32.1. The van der Waals surface area contributed by atoms with Crippen LogP contribution in [0.5, 0.6) is 11.5 Å². The zero-order chi connectivity index (χ0) is 18.8. The van der Waals surface area contributed by atoms with Gasteiger partial charge in [-0.2, -0.15) is 5.10 Å². The Hall–Kier alpha value is -2.34. The van der Waals surface area contributed by atoms with E-state index in [-0.39, 0.29) is 0 Å². The molecule has 1 aromatic heterocycles. The lowest BCUT2D eigenvalue weighted by Crippen LogP contribution is -2.15. The lowest BCUT2D eigenvalue weighted by Gasteiger charge is -2.13. The van der Waals surface area contributed by atoms with Gasteiger partial charge in [0.2, 0.25) is 4.80 Å². The molecule has 0 aliphatic heterocycles. The largest absolute Gasteiger partial charge is 0.497 e. The third-order valence-corrected chi connectivity index (χ3v) is 6.22. The number of thiazole rings is 1. The average Bonchev–Trinajstić information content (AvgIpc) is 3.42. The summed E-state index contributed by atoms with van der Waals surface area (Å²) in [5.74, 6) is 3.47. The minimum absolute atomic E-state index is 0.516. The zero-order valence-corrected chi connectivity index (χ0v) is 16.8. The standard InChI is InChI=1S/C21H25N3O2S/c1-4-22-21-24(23-12-16-10-14-5-6-15(16)9-14)19(13-27-21)18-11-17(25-2)7-8-20(18)26-3/h5-8,11-16H,4,9-10H2,1-3H3. The summed E-state index contributed by atoms with van der Waals surface area (Å²) in [6, 6.07) is 5.82. The van der Waals surface area contributed by atoms with Crippen LogP contribution < -0.4 is 14.3 Å². The maximum atomic E-state index is 5.59. The molecule has 27 heavy (non-hydrogen) atoms. The number of hydrogen-bond donors (Lipinski definition) is 0. The van der Waals surface area contributed by atoms with Gasteiger partial charge in [0.25, 0.3) is 0 Å². The Balaban J connectivity index is 1.76. The summed E-state index contributed by atoms with van der Waals surface area (Å²) in [6.45, 7) is 2.77. The van der Waals surface area contributed by atoms with Gasteiger partial charge < -0.3 is 9.47 Å². The summed E-state index contributed by atoms with van der Waals surface area (Å²) < 4.78 is 12.9. The SMILES string of the molecule is CCN=c1scc(-c2cc(OC)ccc2OC)n1N=CC1CC2C=CC1C2. The van der Waals surface area contributed by atoms with Gasteiger partial charge in [0.1, 0.15) is 11.5 Å². The van der Waals surface area contributed by atoms with Crippen molar-refractivity contribution in [2.75, 3.05) is 20.8 Å². The summed E-state index contributed by atoms with van der Waals surface area (Å²) >= 11 is 1.60. The van der Waals surface area contributed by atoms with Crippen LogP contribution in [0, 0.1) is 17.8 Å². The molecule has 2 aliphatic rings. The van der Waals surface area contributed by atoms with Gasteiger partial charge in [0, 0.05) is 29.6 Å². The van der Waals surface area contributed by atoms with Gasteiger partial charge in [-0.25, -0.2) is 4.68 Å². The van der Waals surface area contributed by atoms with Gasteiger partial charge >= 0.3 is 0 Å². The van der Waals surface area contributed by atoms with Crippen LogP contribution in [0.2, 0.25) is 0 Å². The quantitative estimate of drug-likeness (QED) is 0.554. The third kappa shape index (κ3) is 3.46. The number of aromatic nitrogens is 1. The van der Waals surface area contributed by atoms with Crippen LogP contribution in [-0.4, -0.2) is 31.7 Å². The number of fused-ring (bicyclic) bond motifs is 2. The molecule has 0 amide bonds. The lowest BCUT2D eigenvalue weighted by atomic mass is 9.95. The summed E-state index contributed by atoms with van der Waals surface area (Å²) in [6.07, 6.45) is 9.30. The summed E-state index contributed by atoms with van der Waals surface area (Å²) in [4.78, 5) is 5.52. The number of allylic oxidation sites excluding steroid dienone is 2. The molecule has 5 nitrogen and oxygen atoms in total. The highest BCUT2D eigenvalue weighted by Gasteiger charge is 2.34. The molecule has 1 aromatic carbocycles. The maximum absolute atomic E-state index is 5.59. The minimum Gasteiger partial charge on any atom is -0.497 e. The molecule has 2 aromatic rings. The molecule has 2 aliphatic carbocycles. The Morgan fingerprint density at radius 3 is 2.78 bits per heavy atom. The van der Waals surface area contributed by atoms with Gasteiger partial charge in [0.05, 0.1) is 19.9 Å². The van der Waals surface area contributed by atoms with E-state index in [1.54, 1.807) is 25.6 Å². The highest BCUT2D eigenvalue weighted by Crippen LogP contribution is 2.42. The van der Waals surface area contributed by atoms with Gasteiger partial charge in [-0.15, -0.1) is 11.3 Å². The first kappa shape index (κ1) is 18.0. The predicted molar refractivity (Wildman–Crippen MR) is 110 cm³/mol. The molecule has 0 spiro atoms. The van der Waals surface area contributed by atoms with E-state index in [9.17, 15) is 0 Å². The number of rotatable bonds is 6. The van der Waals surface area contributed by atoms with Crippen LogP contribution in [0.15, 0.2) is 45.8 Å². The molecule has 4 rings (SSSR count). The van der Waals surface area contributed by atoms with E-state index >= 15 is 0 Å². The molecule has 1 heterocycles. The topological polar surface area (TPSA) is 48.1 Å². The molecule has 142 valence electrons. The molecule has 3 atom stereocenters. The molecule has 0 radical (unpaired) electrons. The number of benzene rings is 1. The number of ether oxygens (including phenoxy) is 2. The Bertz CT molecular complexity index is 941. The van der Waals surface area contributed by atoms with Crippen molar-refractivity contribution in [2.24, 2.45) is 27.8 Å². The second-order valence-electron chi connectivity index (χ2n) is 6.96. The Morgan fingerprint density at radius 2 is 2.11 bits per heavy atom. The summed E-state index contributed by atoms with van der Waals surface area (Å²) in [5, 5.41) is 6.96. The van der Waals surface area contributed by atoms with Crippen molar-refractivity contribution in [3.8, 4) is 22.8 Å². The van der Waals surface area contributed by atoms with Crippen LogP contribution in [-0.2, 0) is 0 Å². The second-order valence-corrected chi connectivity index (χ2v) is 7.80. The van der Waals surface area contributed by atoms with Gasteiger partial charge in [-0.3, -0.25) is 4.99 Å². The van der Waals surface area contributed by atoms with Crippen molar-refractivity contribution in [3.05, 3.63) is 40.5 Å². The van der Waals surface area contributed by atoms with Crippen molar-refractivity contribution in [1.82, 2.24) is 4.68 Å². The fraction of sp³-hybridized carbons (Fsp3) is 0.429. The first-order valence-corrected chi connectivity index (χ1v) is 10.3. The maximum Gasteiger partial charge on any atom is 0.206 e. The fourth-order valence-electron chi connectivity index (χ4n) is 4.00. The Morgan fingerprint density at radius 1 is 1.22 bits per heavy atom. The normalized spacial score (nSPS) is 24.3. The lowest BCUT2D eigenvalue weighted by molar-refractivity contribution is 0.404. The molecule has 2 bridgehead atoms. The molecular formula is C21H25N3O2S. The van der Waals surface area contributed by atoms with E-state index in [0.717, 1.165) is 40.0 Å². The van der Waals surface area contributed by atoms with E-state index in [2.05, 4.69) is 28.7 Å². The van der Waals surface area contributed by atoms with Crippen LogP contribution in [0.1, 0.15) is 19.8 Å². The summed E-state index contributed by atoms with van der Waals surface area (Å²) in [7, 11) is 3.36. The van der Waals surface area contributed by atoms with E-state index in [0.29, 0.717) is 11.8 Å². The van der Waals surface area contributed by atoms with Crippen molar-refractivity contribution < 1.29 is 9.47 Å². The van der Waals surface area contributed by atoms with E-state index in [1.165, 1.54) is 12.8 Å². The van der Waals surface area contributed by atoms with Crippen molar-refractivity contribution >= 4 is 17.6 Å². The fourth-order valence-corrected chi connectivity index (χ4v) is 4.89. The monoisotopic (exact) mass is 383 g/mol. The van der Waals surface area contributed by atoms with Crippen LogP contribution in [0.3, 0.4) is 0 Å². The first-order valence-electron chi connectivity index (χ1n) is 9.39. The first-order chi connectivity index (χ1) is 13.2. The number of methoxy groups -OCH3 is 2. The molecular weight excluding hydrogens is 358 g/mol. The van der Waals surface area contributed by atoms with Crippen LogP contribution in [0.25, 0.3) is 11.3 Å². The van der Waals surface area contributed by atoms with Crippen LogP contribution >= 0.6 is 11.3 Å². The van der Waals surface area contributed by atoms with Crippen LogP contribution in [0.4, 0.5) is 0 Å². The van der Waals surface area contributed by atoms with Crippen molar-refractivity contribution in [2.45, 2.75) is 19.8 Å². The van der Waals surface area contributed by atoms with E-state index in [4.69, 9.17) is 14.6 Å².